The van der Waals surface area contributed by atoms with Gasteiger partial charge in [-0.2, -0.15) is 0 Å². The number of carbonyl (C=O) groups excluding carboxylic acids is 2. The highest BCUT2D eigenvalue weighted by atomic mass is 32.1. The van der Waals surface area contributed by atoms with Gasteiger partial charge in [0.05, 0.1) is 15.8 Å². The van der Waals surface area contributed by atoms with E-state index in [0.29, 0.717) is 18.1 Å². The zero-order valence-corrected chi connectivity index (χ0v) is 23.3. The number of hydrogen-bond acceptors (Lipinski definition) is 5. The van der Waals surface area contributed by atoms with E-state index in [2.05, 4.69) is 53.7 Å². The number of hydrogen-bond donors (Lipinski definition) is 2. The summed E-state index contributed by atoms with van der Waals surface area (Å²) in [6, 6.07) is 27.9. The monoisotopic (exact) mass is 541 g/mol. The maximum atomic E-state index is 14.2. The standard InChI is InChI=1S/C31H35N5O2S/c1-3-31(24-12-6-4-7-13-24,25-14-8-5-9-15-25)36(20-18-28(37)35-21-19-32-22-23(35)2)30(38)34-29-33-26-16-10-11-17-27(26)39-29/h4-17,23,32H,3,18-22H2,1-2H3,(H,33,34,38). The average Bonchev–Trinajstić information content (AvgIpc) is 3.38. The molecule has 202 valence electrons. The first-order valence-electron chi connectivity index (χ1n) is 13.6. The molecule has 8 heteroatoms. The number of para-hydroxylation sites is 1. The lowest BCUT2D eigenvalue weighted by Gasteiger charge is -2.45. The van der Waals surface area contributed by atoms with Crippen LogP contribution in [0.15, 0.2) is 84.9 Å². The summed E-state index contributed by atoms with van der Waals surface area (Å²) in [5.41, 5.74) is 2.07. The van der Waals surface area contributed by atoms with Crippen LogP contribution in [0.25, 0.3) is 10.2 Å². The summed E-state index contributed by atoms with van der Waals surface area (Å²) in [5, 5.41) is 6.97. The molecule has 7 nitrogen and oxygen atoms in total. The Hall–Kier alpha value is -3.75. The first-order chi connectivity index (χ1) is 19.0. The summed E-state index contributed by atoms with van der Waals surface area (Å²) in [7, 11) is 0. The number of thiazole rings is 1. The minimum Gasteiger partial charge on any atom is -0.337 e. The van der Waals surface area contributed by atoms with Gasteiger partial charge in [0.25, 0.3) is 0 Å². The molecule has 2 heterocycles. The van der Waals surface area contributed by atoms with Crippen LogP contribution in [-0.4, -0.2) is 58.9 Å². The summed E-state index contributed by atoms with van der Waals surface area (Å²) in [6.45, 7) is 6.66. The normalized spacial score (nSPS) is 15.7. The molecule has 0 saturated carbocycles. The third-order valence-corrected chi connectivity index (χ3v) is 8.55. The molecule has 3 amide bonds. The molecule has 0 spiro atoms. The topological polar surface area (TPSA) is 77.6 Å². The Balaban J connectivity index is 1.53. The number of nitrogens with zero attached hydrogens (tertiary/aromatic N) is 3. The van der Waals surface area contributed by atoms with E-state index in [0.717, 1.165) is 34.4 Å². The molecule has 0 aliphatic carbocycles. The lowest BCUT2D eigenvalue weighted by Crippen LogP contribution is -2.55. The fourth-order valence-corrected chi connectivity index (χ4v) is 6.47. The van der Waals surface area contributed by atoms with E-state index in [4.69, 9.17) is 0 Å². The number of anilines is 1. The van der Waals surface area contributed by atoms with Crippen molar-refractivity contribution in [3.8, 4) is 0 Å². The fraction of sp³-hybridized carbons (Fsp3) is 0.323. The van der Waals surface area contributed by atoms with Crippen molar-refractivity contribution in [2.24, 2.45) is 0 Å². The molecule has 0 bridgehead atoms. The Morgan fingerprint density at radius 1 is 1.03 bits per heavy atom. The van der Waals surface area contributed by atoms with Crippen molar-refractivity contribution in [1.82, 2.24) is 20.1 Å². The molecule has 1 aliphatic heterocycles. The van der Waals surface area contributed by atoms with Crippen LogP contribution >= 0.6 is 11.3 Å². The van der Waals surface area contributed by atoms with E-state index < -0.39 is 5.54 Å². The van der Waals surface area contributed by atoms with E-state index in [1.165, 1.54) is 11.3 Å². The van der Waals surface area contributed by atoms with E-state index in [-0.39, 0.29) is 30.9 Å². The van der Waals surface area contributed by atoms with Crippen molar-refractivity contribution >= 4 is 38.6 Å². The second-order valence-electron chi connectivity index (χ2n) is 9.90. The van der Waals surface area contributed by atoms with E-state index >= 15 is 0 Å². The van der Waals surface area contributed by atoms with Gasteiger partial charge in [0.2, 0.25) is 5.91 Å². The first-order valence-corrected chi connectivity index (χ1v) is 14.4. The number of carbonyl (C=O) groups is 2. The lowest BCUT2D eigenvalue weighted by molar-refractivity contribution is -0.134. The Morgan fingerprint density at radius 3 is 2.28 bits per heavy atom. The third kappa shape index (κ3) is 5.53. The van der Waals surface area contributed by atoms with Crippen molar-refractivity contribution in [2.75, 3.05) is 31.5 Å². The van der Waals surface area contributed by atoms with E-state index in [1.54, 1.807) is 0 Å². The molecule has 1 aromatic heterocycles. The number of amides is 3. The zero-order valence-electron chi connectivity index (χ0n) is 22.5. The number of rotatable bonds is 8. The highest BCUT2D eigenvalue weighted by molar-refractivity contribution is 7.22. The SMILES string of the molecule is CCC(c1ccccc1)(c1ccccc1)N(CCC(=O)N1CCNCC1C)C(=O)Nc1nc2ccccc2s1. The molecule has 1 atom stereocenters. The molecular weight excluding hydrogens is 506 g/mol. The van der Waals surface area contributed by atoms with Gasteiger partial charge >= 0.3 is 6.03 Å². The molecule has 1 saturated heterocycles. The maximum absolute atomic E-state index is 14.2. The van der Waals surface area contributed by atoms with Gasteiger partial charge in [0.1, 0.15) is 0 Å². The Morgan fingerprint density at radius 2 is 1.67 bits per heavy atom. The minimum absolute atomic E-state index is 0.0629. The second kappa shape index (κ2) is 12.0. The minimum atomic E-state index is -0.779. The van der Waals surface area contributed by atoms with Crippen LogP contribution in [0, 0.1) is 0 Å². The number of benzene rings is 3. The highest BCUT2D eigenvalue weighted by Gasteiger charge is 2.42. The molecule has 1 aliphatic rings. The van der Waals surface area contributed by atoms with Crippen molar-refractivity contribution in [3.63, 3.8) is 0 Å². The Labute approximate surface area is 233 Å². The van der Waals surface area contributed by atoms with Crippen LogP contribution in [0.4, 0.5) is 9.93 Å². The largest absolute Gasteiger partial charge is 0.337 e. The third-order valence-electron chi connectivity index (χ3n) is 7.60. The zero-order chi connectivity index (χ0) is 27.2. The van der Waals surface area contributed by atoms with Gasteiger partial charge in [-0.1, -0.05) is 91.1 Å². The van der Waals surface area contributed by atoms with Gasteiger partial charge in [0, 0.05) is 38.6 Å². The molecule has 4 aromatic rings. The predicted octanol–water partition coefficient (Wildman–Crippen LogP) is 5.69. The van der Waals surface area contributed by atoms with Crippen molar-refractivity contribution < 1.29 is 9.59 Å². The maximum Gasteiger partial charge on any atom is 0.324 e. The van der Waals surface area contributed by atoms with Crippen molar-refractivity contribution in [1.29, 1.82) is 0 Å². The summed E-state index contributed by atoms with van der Waals surface area (Å²) < 4.78 is 1.01. The van der Waals surface area contributed by atoms with Gasteiger partial charge < -0.3 is 15.1 Å². The van der Waals surface area contributed by atoms with Crippen LogP contribution in [0.5, 0.6) is 0 Å². The van der Waals surface area contributed by atoms with Crippen LogP contribution in [-0.2, 0) is 10.3 Å². The molecule has 2 N–H and O–H groups in total. The fourth-order valence-electron chi connectivity index (χ4n) is 5.62. The van der Waals surface area contributed by atoms with Crippen LogP contribution in [0.1, 0.15) is 37.8 Å². The van der Waals surface area contributed by atoms with Crippen molar-refractivity contribution in [2.45, 2.75) is 38.3 Å². The molecule has 1 unspecified atom stereocenters. The molecular formula is C31H35N5O2S. The van der Waals surface area contributed by atoms with Crippen LogP contribution in [0.3, 0.4) is 0 Å². The number of fused-ring (bicyclic) bond motifs is 1. The van der Waals surface area contributed by atoms with Gasteiger partial charge in [-0.05, 0) is 36.6 Å². The first kappa shape index (κ1) is 26.8. The lowest BCUT2D eigenvalue weighted by atomic mass is 9.79. The van der Waals surface area contributed by atoms with Gasteiger partial charge in [-0.25, -0.2) is 9.78 Å². The summed E-state index contributed by atoms with van der Waals surface area (Å²) >= 11 is 1.45. The number of urea groups is 1. The molecule has 0 radical (unpaired) electrons. The van der Waals surface area contributed by atoms with E-state index in [9.17, 15) is 9.59 Å². The second-order valence-corrected chi connectivity index (χ2v) is 10.9. The number of nitrogens with one attached hydrogen (secondary N) is 2. The van der Waals surface area contributed by atoms with Gasteiger partial charge in [-0.3, -0.25) is 10.1 Å². The average molecular weight is 542 g/mol. The summed E-state index contributed by atoms with van der Waals surface area (Å²) in [5.74, 6) is 0.0629. The van der Waals surface area contributed by atoms with E-state index in [1.807, 2.05) is 70.5 Å². The van der Waals surface area contributed by atoms with Crippen molar-refractivity contribution in [3.05, 3.63) is 96.1 Å². The molecule has 39 heavy (non-hydrogen) atoms. The quantitative estimate of drug-likeness (QED) is 0.300. The molecule has 1 fully saturated rings. The predicted molar refractivity (Wildman–Crippen MR) is 158 cm³/mol. The summed E-state index contributed by atoms with van der Waals surface area (Å²) in [4.78, 5) is 36.1. The number of piperazine rings is 1. The Kier molecular flexibility index (Phi) is 8.24. The van der Waals surface area contributed by atoms with Gasteiger partial charge in [0.15, 0.2) is 5.13 Å². The molecule has 5 rings (SSSR count). The molecule has 3 aromatic carbocycles. The van der Waals surface area contributed by atoms with Crippen LogP contribution in [0.2, 0.25) is 0 Å². The number of aromatic nitrogens is 1. The Bertz CT molecular complexity index is 1340. The highest BCUT2D eigenvalue weighted by Crippen LogP contribution is 2.40. The smallest absolute Gasteiger partial charge is 0.324 e. The van der Waals surface area contributed by atoms with Crippen LogP contribution < -0.4 is 10.6 Å². The van der Waals surface area contributed by atoms with Gasteiger partial charge in [-0.15, -0.1) is 0 Å². The summed E-state index contributed by atoms with van der Waals surface area (Å²) in [6.07, 6.45) is 0.867.